The number of methoxy groups -OCH3 is 1. The van der Waals surface area contributed by atoms with E-state index in [1.807, 2.05) is 72.1 Å². The Hall–Kier alpha value is -3.29. The van der Waals surface area contributed by atoms with Crippen molar-refractivity contribution in [2.45, 2.75) is 13.0 Å². The van der Waals surface area contributed by atoms with Gasteiger partial charge in [0.05, 0.1) is 17.0 Å². The number of carbonyl (C=O) groups excluding carboxylic acids is 1. The zero-order valence-electron chi connectivity index (χ0n) is 18.0. The molecule has 6 nitrogen and oxygen atoms in total. The third kappa shape index (κ3) is 5.49. The molecule has 2 heterocycles. The fourth-order valence-electron chi connectivity index (χ4n) is 3.46. The van der Waals surface area contributed by atoms with Gasteiger partial charge < -0.3 is 15.0 Å². The lowest BCUT2D eigenvalue weighted by molar-refractivity contribution is -0.121. The summed E-state index contributed by atoms with van der Waals surface area (Å²) in [4.78, 5) is 25.3. The normalized spacial score (nSPS) is 10.9. The highest BCUT2D eigenvalue weighted by Gasteiger charge is 2.17. The van der Waals surface area contributed by atoms with Gasteiger partial charge in [0.25, 0.3) is 0 Å². The van der Waals surface area contributed by atoms with Crippen LogP contribution in [0.2, 0.25) is 0 Å². The van der Waals surface area contributed by atoms with E-state index in [4.69, 9.17) is 14.7 Å². The zero-order chi connectivity index (χ0) is 22.2. The van der Waals surface area contributed by atoms with Crippen LogP contribution in [0.3, 0.4) is 0 Å². The van der Waals surface area contributed by atoms with Crippen LogP contribution in [0.15, 0.2) is 72.1 Å². The van der Waals surface area contributed by atoms with Crippen molar-refractivity contribution in [2.75, 3.05) is 31.7 Å². The maximum Gasteiger partial charge on any atom is 0.222 e. The molecule has 0 atom stereocenters. The Labute approximate surface area is 191 Å². The summed E-state index contributed by atoms with van der Waals surface area (Å²) in [5.41, 5.74) is 1.97. The summed E-state index contributed by atoms with van der Waals surface area (Å²) in [5, 5.41) is 5.99. The first-order chi connectivity index (χ1) is 15.7. The first-order valence-corrected chi connectivity index (χ1v) is 11.5. The van der Waals surface area contributed by atoms with E-state index in [9.17, 15) is 4.79 Å². The average molecular weight is 447 g/mol. The summed E-state index contributed by atoms with van der Waals surface area (Å²) in [6.07, 6.45) is 0.364. The van der Waals surface area contributed by atoms with E-state index >= 15 is 0 Å². The molecule has 2 aromatic heterocycles. The number of carbonyl (C=O) groups is 1. The zero-order valence-corrected chi connectivity index (χ0v) is 18.8. The number of hydrogen-bond acceptors (Lipinski definition) is 6. The molecule has 0 unspecified atom stereocenters. The number of fused-ring (bicyclic) bond motifs is 1. The van der Waals surface area contributed by atoms with Gasteiger partial charge >= 0.3 is 0 Å². The van der Waals surface area contributed by atoms with Gasteiger partial charge in [-0.05, 0) is 29.1 Å². The largest absolute Gasteiger partial charge is 0.383 e. The van der Waals surface area contributed by atoms with Crippen LogP contribution in [0.1, 0.15) is 12.0 Å². The van der Waals surface area contributed by atoms with Crippen LogP contribution in [0.25, 0.3) is 21.6 Å². The lowest BCUT2D eigenvalue weighted by Crippen LogP contribution is -2.33. The minimum absolute atomic E-state index is 0.00751. The topological polar surface area (TPSA) is 67.3 Å². The molecule has 164 valence electrons. The molecular formula is C25H26N4O2S. The molecule has 0 radical (unpaired) electrons. The number of hydrogen-bond donors (Lipinski definition) is 1. The lowest BCUT2D eigenvalue weighted by Gasteiger charge is -2.25. The molecule has 4 aromatic rings. The van der Waals surface area contributed by atoms with Crippen molar-refractivity contribution in [2.24, 2.45) is 0 Å². The first-order valence-electron chi connectivity index (χ1n) is 10.6. The van der Waals surface area contributed by atoms with Gasteiger partial charge in [-0.25, -0.2) is 9.97 Å². The Morgan fingerprint density at radius 3 is 2.59 bits per heavy atom. The van der Waals surface area contributed by atoms with Crippen LogP contribution < -0.4 is 10.2 Å². The highest BCUT2D eigenvalue weighted by Crippen LogP contribution is 2.29. The van der Waals surface area contributed by atoms with Crippen molar-refractivity contribution in [3.8, 4) is 10.7 Å². The molecule has 2 aromatic carbocycles. The van der Waals surface area contributed by atoms with E-state index in [0.29, 0.717) is 38.5 Å². The molecule has 0 bridgehead atoms. The molecule has 0 spiro atoms. The van der Waals surface area contributed by atoms with Gasteiger partial charge in [0, 0.05) is 38.6 Å². The second kappa shape index (κ2) is 10.8. The van der Waals surface area contributed by atoms with Crippen molar-refractivity contribution >= 4 is 34.0 Å². The van der Waals surface area contributed by atoms with E-state index in [1.165, 1.54) is 0 Å². The second-order valence-corrected chi connectivity index (χ2v) is 8.31. The third-order valence-electron chi connectivity index (χ3n) is 5.13. The molecule has 1 amide bonds. The van der Waals surface area contributed by atoms with Gasteiger partial charge in [0.2, 0.25) is 5.91 Å². The summed E-state index contributed by atoms with van der Waals surface area (Å²) >= 11 is 1.61. The van der Waals surface area contributed by atoms with E-state index < -0.39 is 0 Å². The molecule has 1 N–H and O–H groups in total. The van der Waals surface area contributed by atoms with Crippen molar-refractivity contribution in [1.82, 2.24) is 15.3 Å². The van der Waals surface area contributed by atoms with Crippen LogP contribution in [-0.4, -0.2) is 42.7 Å². The van der Waals surface area contributed by atoms with E-state index in [1.54, 1.807) is 18.4 Å². The maximum absolute atomic E-state index is 12.5. The number of para-hydroxylation sites is 1. The monoisotopic (exact) mass is 446 g/mol. The standard InChI is InChI=1S/C25H26N4O2S/c1-31-16-15-29(14-13-23(30)26-18-19-8-3-2-4-9-19)25-20-10-5-6-11-21(20)27-24(28-25)22-12-7-17-32-22/h2-12,17H,13-16,18H2,1H3,(H,26,30). The molecule has 32 heavy (non-hydrogen) atoms. The van der Waals surface area contributed by atoms with E-state index in [2.05, 4.69) is 10.2 Å². The molecule has 0 saturated carbocycles. The Kier molecular flexibility index (Phi) is 7.42. The Morgan fingerprint density at radius 2 is 1.81 bits per heavy atom. The van der Waals surface area contributed by atoms with Crippen LogP contribution in [0.5, 0.6) is 0 Å². The molecule has 4 rings (SSSR count). The van der Waals surface area contributed by atoms with Crippen molar-refractivity contribution < 1.29 is 9.53 Å². The van der Waals surface area contributed by atoms with Crippen LogP contribution in [-0.2, 0) is 16.1 Å². The Morgan fingerprint density at radius 1 is 1.00 bits per heavy atom. The molecule has 0 saturated heterocycles. The smallest absolute Gasteiger partial charge is 0.222 e. The summed E-state index contributed by atoms with van der Waals surface area (Å²) in [5.74, 6) is 1.53. The van der Waals surface area contributed by atoms with Gasteiger partial charge in [-0.2, -0.15) is 0 Å². The highest BCUT2D eigenvalue weighted by molar-refractivity contribution is 7.13. The fourth-order valence-corrected chi connectivity index (χ4v) is 4.12. The predicted octanol–water partition coefficient (Wildman–Crippen LogP) is 4.52. The number of amides is 1. The number of aromatic nitrogens is 2. The molecule has 0 aliphatic carbocycles. The summed E-state index contributed by atoms with van der Waals surface area (Å²) in [6, 6.07) is 21.9. The number of ether oxygens (including phenoxy) is 1. The fraction of sp³-hybridized carbons (Fsp3) is 0.240. The molecular weight excluding hydrogens is 420 g/mol. The minimum atomic E-state index is 0.00751. The molecule has 0 aliphatic rings. The van der Waals surface area contributed by atoms with Crippen molar-refractivity contribution in [3.05, 3.63) is 77.7 Å². The highest BCUT2D eigenvalue weighted by atomic mass is 32.1. The lowest BCUT2D eigenvalue weighted by atomic mass is 10.2. The van der Waals surface area contributed by atoms with Gasteiger partial charge in [-0.3, -0.25) is 4.79 Å². The van der Waals surface area contributed by atoms with Gasteiger partial charge in [-0.1, -0.05) is 48.5 Å². The van der Waals surface area contributed by atoms with Crippen LogP contribution in [0.4, 0.5) is 5.82 Å². The SMILES string of the molecule is COCCN(CCC(=O)NCc1ccccc1)c1nc(-c2cccs2)nc2ccccc12. The molecule has 0 aliphatic heterocycles. The van der Waals surface area contributed by atoms with Gasteiger partial charge in [-0.15, -0.1) is 11.3 Å². The number of nitrogens with one attached hydrogen (secondary N) is 1. The van der Waals surface area contributed by atoms with Crippen LogP contribution in [0, 0.1) is 0 Å². The maximum atomic E-state index is 12.5. The molecule has 7 heteroatoms. The first kappa shape index (κ1) is 21.9. The summed E-state index contributed by atoms with van der Waals surface area (Å²) in [6.45, 7) is 2.23. The average Bonchev–Trinajstić information content (AvgIpc) is 3.38. The minimum Gasteiger partial charge on any atom is -0.383 e. The van der Waals surface area contributed by atoms with Gasteiger partial charge in [0.15, 0.2) is 5.82 Å². The number of rotatable bonds is 10. The van der Waals surface area contributed by atoms with E-state index in [0.717, 1.165) is 27.2 Å². The van der Waals surface area contributed by atoms with Gasteiger partial charge in [0.1, 0.15) is 5.82 Å². The summed E-state index contributed by atoms with van der Waals surface area (Å²) < 4.78 is 5.34. The third-order valence-corrected chi connectivity index (χ3v) is 6.00. The quantitative estimate of drug-likeness (QED) is 0.388. The number of thiophene rings is 1. The Bertz CT molecular complexity index is 1150. The second-order valence-electron chi connectivity index (χ2n) is 7.36. The van der Waals surface area contributed by atoms with Crippen LogP contribution >= 0.6 is 11.3 Å². The van der Waals surface area contributed by atoms with E-state index in [-0.39, 0.29) is 5.91 Å². The summed E-state index contributed by atoms with van der Waals surface area (Å²) in [7, 11) is 1.68. The van der Waals surface area contributed by atoms with Crippen molar-refractivity contribution in [1.29, 1.82) is 0 Å². The number of nitrogens with zero attached hydrogens (tertiary/aromatic N) is 3. The Balaban J connectivity index is 1.55. The van der Waals surface area contributed by atoms with Crippen molar-refractivity contribution in [3.63, 3.8) is 0 Å². The predicted molar refractivity (Wildman–Crippen MR) is 130 cm³/mol. The number of anilines is 1. The molecule has 0 fully saturated rings. The number of benzene rings is 2.